The maximum atomic E-state index is 9.32. The van der Waals surface area contributed by atoms with Gasteiger partial charge < -0.3 is 15.3 Å². The van der Waals surface area contributed by atoms with Crippen LogP contribution in [0.3, 0.4) is 0 Å². The average Bonchev–Trinajstić information content (AvgIpc) is 2.55. The van der Waals surface area contributed by atoms with E-state index in [1.807, 2.05) is 24.3 Å². The summed E-state index contributed by atoms with van der Waals surface area (Å²) >= 11 is 0. The zero-order valence-corrected chi connectivity index (χ0v) is 12.8. The number of nitrogens with one attached hydrogen (secondary N) is 1. The molecule has 3 heteroatoms. The van der Waals surface area contributed by atoms with Crippen LogP contribution in [0.2, 0.25) is 0 Å². The molecular formula is C18H24N2O. The molecule has 0 aliphatic heterocycles. The fourth-order valence-corrected chi connectivity index (χ4v) is 2.44. The Bertz CT molecular complexity index is 547. The first-order chi connectivity index (χ1) is 10.3. The lowest BCUT2D eigenvalue weighted by molar-refractivity contribution is 0.282. The van der Waals surface area contributed by atoms with Gasteiger partial charge in [-0.05, 0) is 37.6 Å². The zero-order chi connectivity index (χ0) is 15.1. The highest BCUT2D eigenvalue weighted by Crippen LogP contribution is 2.18. The lowest BCUT2D eigenvalue weighted by Gasteiger charge is -2.21. The maximum absolute atomic E-state index is 9.32. The minimum absolute atomic E-state index is 0.0596. The quantitative estimate of drug-likeness (QED) is 0.815. The summed E-state index contributed by atoms with van der Waals surface area (Å²) in [5, 5.41) is 12.7. The van der Waals surface area contributed by atoms with Crippen LogP contribution in [0, 0.1) is 0 Å². The van der Waals surface area contributed by atoms with Gasteiger partial charge in [0.15, 0.2) is 0 Å². The molecule has 2 aromatic carbocycles. The van der Waals surface area contributed by atoms with Crippen molar-refractivity contribution in [3.63, 3.8) is 0 Å². The highest BCUT2D eigenvalue weighted by Gasteiger charge is 2.03. The Hall–Kier alpha value is -2.00. The van der Waals surface area contributed by atoms with Gasteiger partial charge in [-0.3, -0.25) is 0 Å². The molecular weight excluding hydrogens is 260 g/mol. The van der Waals surface area contributed by atoms with Crippen molar-refractivity contribution in [2.24, 2.45) is 0 Å². The van der Waals surface area contributed by atoms with Gasteiger partial charge in [-0.1, -0.05) is 30.3 Å². The van der Waals surface area contributed by atoms with Crippen molar-refractivity contribution in [2.75, 3.05) is 23.3 Å². The maximum Gasteiger partial charge on any atom is 0.0701 e. The normalized spacial score (nSPS) is 10.4. The van der Waals surface area contributed by atoms with Gasteiger partial charge in [0.25, 0.3) is 0 Å². The van der Waals surface area contributed by atoms with Crippen LogP contribution >= 0.6 is 0 Å². The van der Waals surface area contributed by atoms with Gasteiger partial charge in [0.05, 0.1) is 6.61 Å². The minimum atomic E-state index is 0.0596. The number of hydrogen-bond acceptors (Lipinski definition) is 3. The van der Waals surface area contributed by atoms with Crippen LogP contribution in [0.4, 0.5) is 11.4 Å². The molecule has 0 saturated heterocycles. The van der Waals surface area contributed by atoms with Crippen LogP contribution in [-0.4, -0.2) is 18.2 Å². The molecule has 0 unspecified atom stereocenters. The minimum Gasteiger partial charge on any atom is -0.392 e. The van der Waals surface area contributed by atoms with Crippen molar-refractivity contribution in [3.05, 3.63) is 59.7 Å². The Morgan fingerprint density at radius 2 is 1.62 bits per heavy atom. The van der Waals surface area contributed by atoms with Crippen molar-refractivity contribution in [1.82, 2.24) is 0 Å². The summed E-state index contributed by atoms with van der Waals surface area (Å²) in [4.78, 5) is 2.33. The van der Waals surface area contributed by atoms with Gasteiger partial charge in [-0.2, -0.15) is 0 Å². The summed E-state index contributed by atoms with van der Waals surface area (Å²) < 4.78 is 0. The summed E-state index contributed by atoms with van der Waals surface area (Å²) in [6.07, 6.45) is 0. The standard InChI is InChI=1S/C18H24N2O/c1-3-20(4-2)17-11-9-15(10-12-17)13-19-18-8-6-5-7-16(18)14-21/h5-12,19,21H,3-4,13-14H2,1-2H3. The third-order valence-electron chi connectivity index (χ3n) is 3.74. The van der Waals surface area contributed by atoms with Gasteiger partial charge in [-0.15, -0.1) is 0 Å². The summed E-state index contributed by atoms with van der Waals surface area (Å²) in [5.74, 6) is 0. The number of aliphatic hydroxyl groups excluding tert-OH is 1. The number of hydrogen-bond donors (Lipinski definition) is 2. The number of anilines is 2. The van der Waals surface area contributed by atoms with Crippen LogP contribution in [0.15, 0.2) is 48.5 Å². The zero-order valence-electron chi connectivity index (χ0n) is 12.8. The smallest absolute Gasteiger partial charge is 0.0701 e. The molecule has 0 atom stereocenters. The van der Waals surface area contributed by atoms with Crippen LogP contribution in [0.25, 0.3) is 0 Å². The lowest BCUT2D eigenvalue weighted by Crippen LogP contribution is -2.21. The number of rotatable bonds is 7. The van der Waals surface area contributed by atoms with Crippen LogP contribution in [0.5, 0.6) is 0 Å². The Balaban J connectivity index is 2.00. The summed E-state index contributed by atoms with van der Waals surface area (Å²) in [6, 6.07) is 16.5. The molecule has 21 heavy (non-hydrogen) atoms. The van der Waals surface area contributed by atoms with Gasteiger partial charge in [0.1, 0.15) is 0 Å². The first-order valence-electron chi connectivity index (χ1n) is 7.55. The van der Waals surface area contributed by atoms with E-state index in [9.17, 15) is 5.11 Å². The molecule has 0 aromatic heterocycles. The van der Waals surface area contributed by atoms with Crippen LogP contribution < -0.4 is 10.2 Å². The van der Waals surface area contributed by atoms with E-state index in [-0.39, 0.29) is 6.61 Å². The SMILES string of the molecule is CCN(CC)c1ccc(CNc2ccccc2CO)cc1. The van der Waals surface area contributed by atoms with Gasteiger partial charge in [0, 0.05) is 36.6 Å². The van der Waals surface area contributed by atoms with E-state index in [1.54, 1.807) is 0 Å². The topological polar surface area (TPSA) is 35.5 Å². The molecule has 0 saturated carbocycles. The second-order valence-corrected chi connectivity index (χ2v) is 5.01. The van der Waals surface area contributed by atoms with Crippen molar-refractivity contribution >= 4 is 11.4 Å². The first kappa shape index (κ1) is 15.4. The molecule has 2 aromatic rings. The molecule has 0 heterocycles. The van der Waals surface area contributed by atoms with Crippen molar-refractivity contribution in [2.45, 2.75) is 27.0 Å². The Labute approximate surface area is 127 Å². The van der Waals surface area contributed by atoms with E-state index < -0.39 is 0 Å². The Kier molecular flexibility index (Phi) is 5.64. The predicted molar refractivity (Wildman–Crippen MR) is 89.7 cm³/mol. The van der Waals surface area contributed by atoms with E-state index in [4.69, 9.17) is 0 Å². The van der Waals surface area contributed by atoms with Gasteiger partial charge in [-0.25, -0.2) is 0 Å². The molecule has 0 fully saturated rings. The van der Waals surface area contributed by atoms with Crippen LogP contribution in [0.1, 0.15) is 25.0 Å². The number of nitrogens with zero attached hydrogens (tertiary/aromatic N) is 1. The fourth-order valence-electron chi connectivity index (χ4n) is 2.44. The second kappa shape index (κ2) is 7.70. The fraction of sp³-hybridized carbons (Fsp3) is 0.333. The van der Waals surface area contributed by atoms with E-state index in [0.717, 1.165) is 30.9 Å². The third-order valence-corrected chi connectivity index (χ3v) is 3.74. The van der Waals surface area contributed by atoms with E-state index in [2.05, 4.69) is 48.3 Å². The first-order valence-corrected chi connectivity index (χ1v) is 7.55. The summed E-state index contributed by atoms with van der Waals surface area (Å²) in [6.45, 7) is 7.21. The monoisotopic (exact) mass is 284 g/mol. The largest absolute Gasteiger partial charge is 0.392 e. The summed E-state index contributed by atoms with van der Waals surface area (Å²) in [7, 11) is 0. The van der Waals surface area contributed by atoms with Gasteiger partial charge >= 0.3 is 0 Å². The highest BCUT2D eigenvalue weighted by atomic mass is 16.3. The molecule has 2 rings (SSSR count). The highest BCUT2D eigenvalue weighted by molar-refractivity contribution is 5.52. The van der Waals surface area contributed by atoms with E-state index in [0.29, 0.717) is 0 Å². The number of benzene rings is 2. The van der Waals surface area contributed by atoms with Crippen molar-refractivity contribution in [3.8, 4) is 0 Å². The Morgan fingerprint density at radius 3 is 2.24 bits per heavy atom. The molecule has 0 aliphatic carbocycles. The van der Waals surface area contributed by atoms with Crippen LogP contribution in [-0.2, 0) is 13.2 Å². The molecule has 0 radical (unpaired) electrons. The van der Waals surface area contributed by atoms with E-state index >= 15 is 0 Å². The average molecular weight is 284 g/mol. The van der Waals surface area contributed by atoms with Gasteiger partial charge in [0.2, 0.25) is 0 Å². The molecule has 2 N–H and O–H groups in total. The predicted octanol–water partition coefficient (Wildman–Crippen LogP) is 3.64. The van der Waals surface area contributed by atoms with E-state index in [1.165, 1.54) is 11.3 Å². The third kappa shape index (κ3) is 3.99. The molecule has 3 nitrogen and oxygen atoms in total. The lowest BCUT2D eigenvalue weighted by atomic mass is 10.1. The molecule has 0 amide bonds. The second-order valence-electron chi connectivity index (χ2n) is 5.01. The Morgan fingerprint density at radius 1 is 0.952 bits per heavy atom. The molecule has 0 bridgehead atoms. The molecule has 112 valence electrons. The molecule has 0 aliphatic rings. The molecule has 0 spiro atoms. The number of para-hydroxylation sites is 1. The van der Waals surface area contributed by atoms with Crippen molar-refractivity contribution in [1.29, 1.82) is 0 Å². The number of aliphatic hydroxyl groups is 1. The van der Waals surface area contributed by atoms with Crippen molar-refractivity contribution < 1.29 is 5.11 Å². The summed E-state index contributed by atoms with van der Waals surface area (Å²) in [5.41, 5.74) is 4.42.